The monoisotopic (exact) mass is 351 g/mol. The first-order valence-electron chi connectivity index (χ1n) is 10.2. The van der Waals surface area contributed by atoms with Gasteiger partial charge < -0.3 is 10.2 Å². The predicted octanol–water partition coefficient (Wildman–Crippen LogP) is 5.05. The number of nitrogens with one attached hydrogen (secondary N) is 1. The number of rotatable bonds is 4. The Kier molecular flexibility index (Phi) is 5.09. The van der Waals surface area contributed by atoms with Crippen molar-refractivity contribution < 1.29 is 4.79 Å². The summed E-state index contributed by atoms with van der Waals surface area (Å²) in [6.07, 6.45) is 9.45. The van der Waals surface area contributed by atoms with Crippen molar-refractivity contribution >= 4 is 28.3 Å². The van der Waals surface area contributed by atoms with Crippen LogP contribution in [0, 0.1) is 12.8 Å². The second kappa shape index (κ2) is 7.65. The van der Waals surface area contributed by atoms with Crippen LogP contribution >= 0.6 is 0 Å². The lowest BCUT2D eigenvalue weighted by molar-refractivity contribution is -0.117. The van der Waals surface area contributed by atoms with E-state index in [9.17, 15) is 4.79 Å². The third-order valence-electron chi connectivity index (χ3n) is 5.91. The Morgan fingerprint density at radius 1 is 1.12 bits per heavy atom. The van der Waals surface area contributed by atoms with Crippen molar-refractivity contribution in [1.82, 2.24) is 4.98 Å². The number of anilines is 2. The van der Waals surface area contributed by atoms with E-state index in [-0.39, 0.29) is 5.91 Å². The van der Waals surface area contributed by atoms with Crippen LogP contribution < -0.4 is 10.2 Å². The fraction of sp³-hybridized carbons (Fsp3) is 0.545. The molecule has 2 fully saturated rings. The SMILES string of the molecule is Cc1cc(N2CCCCC2)nc2ccc(NC(=O)CC3CCCC3)cc12. The van der Waals surface area contributed by atoms with Crippen molar-refractivity contribution in [3.8, 4) is 0 Å². The number of aryl methyl sites for hydroxylation is 1. The third-order valence-corrected chi connectivity index (χ3v) is 5.91. The molecule has 0 spiro atoms. The maximum absolute atomic E-state index is 12.3. The number of hydrogen-bond acceptors (Lipinski definition) is 3. The van der Waals surface area contributed by atoms with E-state index in [1.807, 2.05) is 12.1 Å². The molecule has 2 heterocycles. The van der Waals surface area contributed by atoms with Crippen LogP contribution in [-0.2, 0) is 4.79 Å². The fourth-order valence-electron chi connectivity index (χ4n) is 4.43. The normalized spacial score (nSPS) is 18.4. The van der Waals surface area contributed by atoms with E-state index in [0.717, 1.165) is 35.5 Å². The highest BCUT2D eigenvalue weighted by atomic mass is 16.1. The van der Waals surface area contributed by atoms with Crippen molar-refractivity contribution in [2.45, 2.75) is 58.3 Å². The van der Waals surface area contributed by atoms with Gasteiger partial charge in [-0.2, -0.15) is 0 Å². The van der Waals surface area contributed by atoms with Crippen LogP contribution in [0.15, 0.2) is 24.3 Å². The summed E-state index contributed by atoms with van der Waals surface area (Å²) in [7, 11) is 0. The molecule has 138 valence electrons. The molecule has 4 rings (SSSR count). The van der Waals surface area contributed by atoms with Gasteiger partial charge in [-0.25, -0.2) is 4.98 Å². The van der Waals surface area contributed by atoms with Crippen molar-refractivity contribution in [2.24, 2.45) is 5.92 Å². The molecule has 0 bridgehead atoms. The number of carbonyl (C=O) groups is 1. The van der Waals surface area contributed by atoms with E-state index in [2.05, 4.69) is 29.3 Å². The summed E-state index contributed by atoms with van der Waals surface area (Å²) in [5.41, 5.74) is 3.12. The Hall–Kier alpha value is -2.10. The van der Waals surface area contributed by atoms with E-state index in [4.69, 9.17) is 4.98 Å². The number of hydrogen-bond donors (Lipinski definition) is 1. The maximum Gasteiger partial charge on any atom is 0.224 e. The van der Waals surface area contributed by atoms with E-state index in [0.29, 0.717) is 12.3 Å². The Morgan fingerprint density at radius 2 is 1.88 bits per heavy atom. The Bertz CT molecular complexity index is 789. The molecule has 1 amide bonds. The summed E-state index contributed by atoms with van der Waals surface area (Å²) in [6, 6.07) is 8.30. The largest absolute Gasteiger partial charge is 0.357 e. The van der Waals surface area contributed by atoms with Crippen molar-refractivity contribution in [3.63, 3.8) is 0 Å². The minimum absolute atomic E-state index is 0.145. The van der Waals surface area contributed by atoms with Crippen LogP contribution in [0.4, 0.5) is 11.5 Å². The molecule has 4 nitrogen and oxygen atoms in total. The minimum Gasteiger partial charge on any atom is -0.357 e. The topological polar surface area (TPSA) is 45.2 Å². The molecule has 1 saturated carbocycles. The highest BCUT2D eigenvalue weighted by Crippen LogP contribution is 2.29. The Balaban J connectivity index is 1.51. The maximum atomic E-state index is 12.3. The van der Waals surface area contributed by atoms with Crippen molar-refractivity contribution in [3.05, 3.63) is 29.8 Å². The average Bonchev–Trinajstić information content (AvgIpc) is 3.15. The Labute approximate surface area is 156 Å². The van der Waals surface area contributed by atoms with Gasteiger partial charge in [-0.1, -0.05) is 12.8 Å². The lowest BCUT2D eigenvalue weighted by Gasteiger charge is -2.28. The van der Waals surface area contributed by atoms with Crippen LogP contribution in [0.3, 0.4) is 0 Å². The third kappa shape index (κ3) is 3.84. The molecule has 0 unspecified atom stereocenters. The zero-order chi connectivity index (χ0) is 17.9. The van der Waals surface area contributed by atoms with Gasteiger partial charge >= 0.3 is 0 Å². The highest BCUT2D eigenvalue weighted by molar-refractivity contribution is 5.94. The summed E-state index contributed by atoms with van der Waals surface area (Å²) in [5, 5.41) is 4.22. The van der Waals surface area contributed by atoms with Crippen LogP contribution in [0.1, 0.15) is 56.9 Å². The number of aromatic nitrogens is 1. The van der Waals surface area contributed by atoms with Gasteiger partial charge in [0.2, 0.25) is 5.91 Å². The molecule has 1 aromatic carbocycles. The predicted molar refractivity (Wildman–Crippen MR) is 108 cm³/mol. The first kappa shape index (κ1) is 17.3. The van der Waals surface area contributed by atoms with E-state index >= 15 is 0 Å². The molecule has 26 heavy (non-hydrogen) atoms. The van der Waals surface area contributed by atoms with Crippen molar-refractivity contribution in [1.29, 1.82) is 0 Å². The number of carbonyl (C=O) groups excluding carboxylic acids is 1. The fourth-order valence-corrected chi connectivity index (χ4v) is 4.43. The number of amides is 1. The van der Waals surface area contributed by atoms with Crippen LogP contribution in [0.2, 0.25) is 0 Å². The van der Waals surface area contributed by atoms with Crippen LogP contribution in [-0.4, -0.2) is 24.0 Å². The quantitative estimate of drug-likeness (QED) is 0.838. The van der Waals surface area contributed by atoms with Crippen LogP contribution in [0.5, 0.6) is 0 Å². The number of fused-ring (bicyclic) bond motifs is 1. The molecule has 1 aromatic heterocycles. The summed E-state index contributed by atoms with van der Waals surface area (Å²) < 4.78 is 0. The zero-order valence-corrected chi connectivity index (χ0v) is 15.8. The van der Waals surface area contributed by atoms with Crippen molar-refractivity contribution in [2.75, 3.05) is 23.3 Å². The Morgan fingerprint density at radius 3 is 2.65 bits per heavy atom. The molecule has 0 atom stereocenters. The van der Waals surface area contributed by atoms with Gasteiger partial charge in [-0.05, 0) is 74.8 Å². The minimum atomic E-state index is 0.145. The first-order chi connectivity index (χ1) is 12.7. The van der Waals surface area contributed by atoms with Gasteiger partial charge in [0.25, 0.3) is 0 Å². The molecule has 2 aliphatic rings. The molecule has 1 aliphatic carbocycles. The second-order valence-electron chi connectivity index (χ2n) is 7.98. The van der Waals surface area contributed by atoms with Gasteiger partial charge in [-0.15, -0.1) is 0 Å². The second-order valence-corrected chi connectivity index (χ2v) is 7.98. The van der Waals surface area contributed by atoms with E-state index < -0.39 is 0 Å². The van der Waals surface area contributed by atoms with Crippen LogP contribution in [0.25, 0.3) is 10.9 Å². The summed E-state index contributed by atoms with van der Waals surface area (Å²) in [5.74, 6) is 1.81. The summed E-state index contributed by atoms with van der Waals surface area (Å²) in [6.45, 7) is 4.35. The lowest BCUT2D eigenvalue weighted by Crippen LogP contribution is -2.30. The van der Waals surface area contributed by atoms with Gasteiger partial charge in [-0.3, -0.25) is 4.79 Å². The highest BCUT2D eigenvalue weighted by Gasteiger charge is 2.19. The molecular weight excluding hydrogens is 322 g/mol. The number of benzene rings is 1. The van der Waals surface area contributed by atoms with Gasteiger partial charge in [0.1, 0.15) is 5.82 Å². The molecule has 1 saturated heterocycles. The summed E-state index contributed by atoms with van der Waals surface area (Å²) >= 11 is 0. The van der Waals surface area contributed by atoms with Gasteiger partial charge in [0.05, 0.1) is 5.52 Å². The number of pyridine rings is 1. The zero-order valence-electron chi connectivity index (χ0n) is 15.8. The molecule has 1 N–H and O–H groups in total. The van der Waals surface area contributed by atoms with E-state index in [1.54, 1.807) is 0 Å². The average molecular weight is 351 g/mol. The smallest absolute Gasteiger partial charge is 0.224 e. The van der Waals surface area contributed by atoms with E-state index in [1.165, 1.54) is 50.5 Å². The van der Waals surface area contributed by atoms with Gasteiger partial charge in [0, 0.05) is 30.6 Å². The molecular formula is C22H29N3O. The number of piperidine rings is 1. The first-order valence-corrected chi connectivity index (χ1v) is 10.2. The summed E-state index contributed by atoms with van der Waals surface area (Å²) in [4.78, 5) is 19.6. The molecule has 4 heteroatoms. The lowest BCUT2D eigenvalue weighted by atomic mass is 10.0. The van der Waals surface area contributed by atoms with Gasteiger partial charge in [0.15, 0.2) is 0 Å². The molecule has 0 radical (unpaired) electrons. The molecule has 2 aromatic rings. The molecule has 1 aliphatic heterocycles. The standard InChI is InChI=1S/C22H29N3O/c1-16-13-21(25-11-5-2-6-12-25)24-20-10-9-18(15-19(16)20)23-22(26)14-17-7-3-4-8-17/h9-10,13,15,17H,2-8,11-12,14H2,1H3,(H,23,26). The number of nitrogens with zero attached hydrogens (tertiary/aromatic N) is 2.